The maximum atomic E-state index is 12.6. The van der Waals surface area contributed by atoms with E-state index in [2.05, 4.69) is 25.8 Å². The molecule has 2 heterocycles. The molecule has 0 unspecified atom stereocenters. The minimum Gasteiger partial charge on any atom is -0.465 e. The molecule has 2 rings (SSSR count). The molecule has 1 aliphatic rings. The third-order valence-electron chi connectivity index (χ3n) is 5.01. The van der Waals surface area contributed by atoms with Crippen LogP contribution in [0.2, 0.25) is 0 Å². The summed E-state index contributed by atoms with van der Waals surface area (Å²) in [4.78, 5) is 34.1. The number of rotatable bonds is 4. The highest BCUT2D eigenvalue weighted by Gasteiger charge is 2.54. The molecule has 3 N–H and O–H groups in total. The lowest BCUT2D eigenvalue weighted by Gasteiger charge is -2.53. The van der Waals surface area contributed by atoms with Crippen LogP contribution in [0.25, 0.3) is 0 Å². The van der Waals surface area contributed by atoms with E-state index >= 15 is 0 Å². The molecule has 1 aromatic rings. The summed E-state index contributed by atoms with van der Waals surface area (Å²) in [6.07, 6.45) is 1.30. The van der Waals surface area contributed by atoms with Crippen LogP contribution in [0.4, 0.5) is 15.3 Å². The molecule has 0 radical (unpaired) electrons. The molecule has 29 heavy (non-hydrogen) atoms. The van der Waals surface area contributed by atoms with Crippen LogP contribution in [-0.2, 0) is 10.3 Å². The number of nitrogens with one attached hydrogen (secondary N) is 2. The molecule has 158 valence electrons. The highest BCUT2D eigenvalue weighted by atomic mass is 32.1. The number of pyridine rings is 1. The Morgan fingerprint density at radius 2 is 2.17 bits per heavy atom. The van der Waals surface area contributed by atoms with Crippen molar-refractivity contribution >= 4 is 35.3 Å². The first kappa shape index (κ1) is 22.7. The minimum atomic E-state index is -1.14. The van der Waals surface area contributed by atoms with E-state index in [1.807, 2.05) is 6.92 Å². The standard InChI is InChI=1S/C19H27N5O4S/c1-12-8-21-10-15(23-16(25)28-18(2,3)4)19(12,24(5)17(26)27)13-6-7-20-9-14(13)22-11-29/h6-7,9,12,15,21H,8,10H2,1-5H3,(H,23,25)(H,26,27)/t12-,15+,19-/m0/s1. The van der Waals surface area contributed by atoms with E-state index in [4.69, 9.17) is 17.0 Å². The number of hydrogen-bond donors (Lipinski definition) is 3. The van der Waals surface area contributed by atoms with Crippen LogP contribution < -0.4 is 10.6 Å². The van der Waals surface area contributed by atoms with Gasteiger partial charge < -0.3 is 20.5 Å². The Morgan fingerprint density at radius 3 is 2.76 bits per heavy atom. The number of likely N-dealkylation sites (N-methyl/N-ethyl adjacent to an activating group) is 1. The number of thiocarbonyl (C=S) groups is 1. The third kappa shape index (κ3) is 4.72. The number of alkyl carbamates (subject to hydrolysis) is 1. The van der Waals surface area contributed by atoms with Gasteiger partial charge in [-0.15, -0.1) is 0 Å². The molecule has 1 aliphatic heterocycles. The number of carbonyl (C=O) groups excluding carboxylic acids is 1. The van der Waals surface area contributed by atoms with Gasteiger partial charge in [0.25, 0.3) is 0 Å². The molecule has 2 amide bonds. The number of ether oxygens (including phenoxy) is 1. The number of isothiocyanates is 1. The highest BCUT2D eigenvalue weighted by molar-refractivity contribution is 7.78. The third-order valence-corrected chi connectivity index (χ3v) is 5.10. The fraction of sp³-hybridized carbons (Fsp3) is 0.579. The summed E-state index contributed by atoms with van der Waals surface area (Å²) >= 11 is 4.76. The number of nitrogens with zero attached hydrogens (tertiary/aromatic N) is 3. The number of carbonyl (C=O) groups is 2. The second-order valence-corrected chi connectivity index (χ2v) is 8.20. The molecular formula is C19H27N5O4S. The molecule has 0 saturated carbocycles. The molecular weight excluding hydrogens is 394 g/mol. The summed E-state index contributed by atoms with van der Waals surface area (Å²) in [7, 11) is 1.49. The Hall–Kier alpha value is -2.55. The molecule has 0 aliphatic carbocycles. The van der Waals surface area contributed by atoms with Crippen molar-refractivity contribution in [1.82, 2.24) is 20.5 Å². The largest absolute Gasteiger partial charge is 0.465 e. The molecule has 0 spiro atoms. The van der Waals surface area contributed by atoms with Gasteiger partial charge in [-0.1, -0.05) is 6.92 Å². The summed E-state index contributed by atoms with van der Waals surface area (Å²) in [5.41, 5.74) is -0.838. The van der Waals surface area contributed by atoms with Gasteiger partial charge in [0.05, 0.1) is 28.6 Å². The fourth-order valence-corrected chi connectivity index (χ4v) is 4.03. The lowest BCUT2D eigenvalue weighted by molar-refractivity contribution is -0.00116. The second kappa shape index (κ2) is 8.86. The topological polar surface area (TPSA) is 116 Å². The predicted octanol–water partition coefficient (Wildman–Crippen LogP) is 2.75. The van der Waals surface area contributed by atoms with Gasteiger partial charge in [0, 0.05) is 31.9 Å². The van der Waals surface area contributed by atoms with Crippen molar-refractivity contribution in [1.29, 1.82) is 0 Å². The zero-order chi connectivity index (χ0) is 21.8. The summed E-state index contributed by atoms with van der Waals surface area (Å²) in [6, 6.07) is 1.07. The van der Waals surface area contributed by atoms with E-state index in [0.29, 0.717) is 24.3 Å². The average Bonchev–Trinajstić information content (AvgIpc) is 2.61. The van der Waals surface area contributed by atoms with Crippen LogP contribution in [0.15, 0.2) is 23.5 Å². The van der Waals surface area contributed by atoms with Crippen LogP contribution in [0, 0.1) is 5.92 Å². The van der Waals surface area contributed by atoms with Crippen molar-refractivity contribution in [2.24, 2.45) is 10.9 Å². The fourth-order valence-electron chi connectivity index (χ4n) is 3.93. The molecule has 1 fully saturated rings. The number of hydrogen-bond acceptors (Lipinski definition) is 7. The SMILES string of the molecule is C[C@H]1CNC[C@@H](NC(=O)OC(C)(C)C)[C@]1(c1ccncc1N=C=S)N(C)C(=O)O. The van der Waals surface area contributed by atoms with Crippen LogP contribution >= 0.6 is 12.2 Å². The van der Waals surface area contributed by atoms with Crippen molar-refractivity contribution in [3.8, 4) is 0 Å². The summed E-state index contributed by atoms with van der Waals surface area (Å²) in [6.45, 7) is 8.08. The van der Waals surface area contributed by atoms with Crippen LogP contribution in [-0.4, -0.2) is 64.1 Å². The quantitative estimate of drug-likeness (QED) is 0.506. The van der Waals surface area contributed by atoms with Crippen molar-refractivity contribution in [3.63, 3.8) is 0 Å². The van der Waals surface area contributed by atoms with Crippen LogP contribution in [0.1, 0.15) is 33.3 Å². The van der Waals surface area contributed by atoms with E-state index in [9.17, 15) is 14.7 Å². The zero-order valence-corrected chi connectivity index (χ0v) is 18.0. The smallest absolute Gasteiger partial charge is 0.408 e. The normalized spacial score (nSPS) is 24.2. The minimum absolute atomic E-state index is 0.223. The number of amides is 2. The van der Waals surface area contributed by atoms with Crippen LogP contribution in [0.5, 0.6) is 0 Å². The highest BCUT2D eigenvalue weighted by Crippen LogP contribution is 2.44. The molecule has 3 atom stereocenters. The van der Waals surface area contributed by atoms with Crippen molar-refractivity contribution in [2.45, 2.75) is 44.9 Å². The number of carboxylic acid groups (broad SMARTS) is 1. The van der Waals surface area contributed by atoms with Crippen LogP contribution in [0.3, 0.4) is 0 Å². The Balaban J connectivity index is 2.66. The van der Waals surface area contributed by atoms with E-state index in [1.54, 1.807) is 33.0 Å². The zero-order valence-electron chi connectivity index (χ0n) is 17.2. The van der Waals surface area contributed by atoms with Gasteiger partial charge in [-0.25, -0.2) is 9.59 Å². The van der Waals surface area contributed by atoms with Crippen molar-refractivity contribution < 1.29 is 19.4 Å². The van der Waals surface area contributed by atoms with Gasteiger partial charge in [0.15, 0.2) is 0 Å². The molecule has 0 bridgehead atoms. The van der Waals surface area contributed by atoms with Gasteiger partial charge in [0.2, 0.25) is 0 Å². The first-order valence-corrected chi connectivity index (χ1v) is 9.64. The summed E-state index contributed by atoms with van der Waals surface area (Å²) in [5, 5.41) is 18.4. The lowest BCUT2D eigenvalue weighted by atomic mass is 9.69. The van der Waals surface area contributed by atoms with E-state index in [1.165, 1.54) is 18.1 Å². The maximum absolute atomic E-state index is 12.6. The Bertz CT molecular complexity index is 821. The maximum Gasteiger partial charge on any atom is 0.408 e. The molecule has 0 aromatic carbocycles. The van der Waals surface area contributed by atoms with Crippen molar-refractivity contribution in [2.75, 3.05) is 20.1 Å². The molecule has 1 aromatic heterocycles. The van der Waals surface area contributed by atoms with Gasteiger partial charge >= 0.3 is 12.2 Å². The van der Waals surface area contributed by atoms with E-state index < -0.39 is 29.4 Å². The number of piperidine rings is 1. The van der Waals surface area contributed by atoms with Crippen molar-refractivity contribution in [3.05, 3.63) is 24.0 Å². The Kier molecular flexibility index (Phi) is 6.94. The Labute approximate surface area is 175 Å². The predicted molar refractivity (Wildman–Crippen MR) is 112 cm³/mol. The summed E-state index contributed by atoms with van der Waals surface area (Å²) in [5.74, 6) is -0.223. The summed E-state index contributed by atoms with van der Waals surface area (Å²) < 4.78 is 5.41. The van der Waals surface area contributed by atoms with Gasteiger partial charge in [-0.3, -0.25) is 9.88 Å². The first-order chi connectivity index (χ1) is 13.5. The Morgan fingerprint density at radius 1 is 1.48 bits per heavy atom. The number of aromatic nitrogens is 1. The molecule has 9 nitrogen and oxygen atoms in total. The van der Waals surface area contributed by atoms with E-state index in [0.717, 1.165) is 0 Å². The van der Waals surface area contributed by atoms with E-state index in [-0.39, 0.29) is 5.92 Å². The molecule has 1 saturated heterocycles. The van der Waals surface area contributed by atoms with Gasteiger partial charge in [-0.2, -0.15) is 4.99 Å². The monoisotopic (exact) mass is 421 g/mol. The molecule has 10 heteroatoms. The van der Waals surface area contributed by atoms with Gasteiger partial charge in [-0.05, 0) is 45.0 Å². The second-order valence-electron chi connectivity index (χ2n) is 8.02. The first-order valence-electron chi connectivity index (χ1n) is 9.23. The van der Waals surface area contributed by atoms with Gasteiger partial charge in [0.1, 0.15) is 5.60 Å². The average molecular weight is 422 g/mol. The number of aliphatic imine (C=N–C) groups is 1. The lowest BCUT2D eigenvalue weighted by Crippen LogP contribution is -2.70.